The summed E-state index contributed by atoms with van der Waals surface area (Å²) in [6, 6.07) is -0.417. The maximum absolute atomic E-state index is 12.8. The molecular formula is C10H19F2N3O. The number of alkyl halides is 2. The Labute approximate surface area is 94.2 Å². The Balaban J connectivity index is 2.30. The smallest absolute Gasteiger partial charge is 0.317 e. The molecule has 0 aromatic rings. The maximum atomic E-state index is 12.8. The second kappa shape index (κ2) is 5.43. The summed E-state index contributed by atoms with van der Waals surface area (Å²) in [6.45, 7) is 1.97. The SMILES string of the molecule is CC1CCN(C(=O)NCC(F)(F)CN)CC1. The molecule has 0 atom stereocenters. The Bertz CT molecular complexity index is 240. The zero-order valence-electron chi connectivity index (χ0n) is 9.51. The number of likely N-dealkylation sites (tertiary alicyclic amines) is 1. The van der Waals surface area contributed by atoms with E-state index in [-0.39, 0.29) is 0 Å². The largest absolute Gasteiger partial charge is 0.332 e. The number of nitrogens with two attached hydrogens (primary N) is 1. The van der Waals surface area contributed by atoms with Crippen LogP contribution in [0.1, 0.15) is 19.8 Å². The molecule has 1 rings (SSSR count). The lowest BCUT2D eigenvalue weighted by Gasteiger charge is -2.30. The van der Waals surface area contributed by atoms with Crippen molar-refractivity contribution in [3.8, 4) is 0 Å². The molecule has 0 radical (unpaired) electrons. The lowest BCUT2D eigenvalue weighted by atomic mass is 10.00. The number of hydrogen-bond donors (Lipinski definition) is 2. The average Bonchev–Trinajstić information content (AvgIpc) is 2.27. The van der Waals surface area contributed by atoms with Gasteiger partial charge in [-0.2, -0.15) is 0 Å². The monoisotopic (exact) mass is 235 g/mol. The van der Waals surface area contributed by atoms with Crippen molar-refractivity contribution in [2.24, 2.45) is 11.7 Å². The van der Waals surface area contributed by atoms with Gasteiger partial charge in [-0.25, -0.2) is 13.6 Å². The summed E-state index contributed by atoms with van der Waals surface area (Å²) in [6.07, 6.45) is 1.86. The van der Waals surface area contributed by atoms with E-state index in [1.807, 2.05) is 0 Å². The summed E-state index contributed by atoms with van der Waals surface area (Å²) in [5.41, 5.74) is 4.87. The Hall–Kier alpha value is -0.910. The number of hydrogen-bond acceptors (Lipinski definition) is 2. The van der Waals surface area contributed by atoms with Crippen molar-refractivity contribution >= 4 is 6.03 Å². The second-order valence-electron chi connectivity index (χ2n) is 4.39. The number of piperidine rings is 1. The summed E-state index contributed by atoms with van der Waals surface area (Å²) in [5, 5.41) is 2.22. The van der Waals surface area contributed by atoms with Gasteiger partial charge in [-0.3, -0.25) is 0 Å². The highest BCUT2D eigenvalue weighted by Crippen LogP contribution is 2.16. The van der Waals surface area contributed by atoms with E-state index in [1.54, 1.807) is 4.90 Å². The lowest BCUT2D eigenvalue weighted by molar-refractivity contribution is 0.0128. The van der Waals surface area contributed by atoms with Gasteiger partial charge in [-0.05, 0) is 18.8 Å². The van der Waals surface area contributed by atoms with Crippen LogP contribution in [-0.4, -0.2) is 43.0 Å². The zero-order chi connectivity index (χ0) is 12.2. The maximum Gasteiger partial charge on any atom is 0.317 e. The Morgan fingerprint density at radius 2 is 2.06 bits per heavy atom. The van der Waals surface area contributed by atoms with Crippen LogP contribution in [0, 0.1) is 5.92 Å². The van der Waals surface area contributed by atoms with Crippen molar-refractivity contribution in [1.29, 1.82) is 0 Å². The average molecular weight is 235 g/mol. The van der Waals surface area contributed by atoms with Gasteiger partial charge in [-0.15, -0.1) is 0 Å². The van der Waals surface area contributed by atoms with Crippen LogP contribution in [0.15, 0.2) is 0 Å². The normalized spacial score (nSPS) is 18.6. The number of carbonyl (C=O) groups is 1. The number of halogens is 2. The van der Waals surface area contributed by atoms with Gasteiger partial charge in [0.1, 0.15) is 0 Å². The summed E-state index contributed by atoms with van der Waals surface area (Å²) in [4.78, 5) is 13.1. The molecule has 1 aliphatic heterocycles. The summed E-state index contributed by atoms with van der Waals surface area (Å²) in [7, 11) is 0. The molecule has 0 spiro atoms. The van der Waals surface area contributed by atoms with Crippen molar-refractivity contribution in [3.63, 3.8) is 0 Å². The Morgan fingerprint density at radius 3 is 2.56 bits per heavy atom. The molecule has 1 aliphatic rings. The van der Waals surface area contributed by atoms with Crippen LogP contribution in [0.2, 0.25) is 0 Å². The van der Waals surface area contributed by atoms with Crippen molar-refractivity contribution in [1.82, 2.24) is 10.2 Å². The molecule has 0 aromatic heterocycles. The van der Waals surface area contributed by atoms with E-state index in [9.17, 15) is 13.6 Å². The standard InChI is InChI=1S/C10H19F2N3O/c1-8-2-4-15(5-3-8)9(16)14-7-10(11,12)6-13/h8H,2-7,13H2,1H3,(H,14,16). The minimum absolute atomic E-state index is 0.417. The van der Waals surface area contributed by atoms with Crippen LogP contribution >= 0.6 is 0 Å². The Kier molecular flexibility index (Phi) is 4.46. The quantitative estimate of drug-likeness (QED) is 0.767. The third-order valence-corrected chi connectivity index (χ3v) is 2.87. The van der Waals surface area contributed by atoms with E-state index in [2.05, 4.69) is 12.2 Å². The van der Waals surface area contributed by atoms with Crippen LogP contribution in [0.3, 0.4) is 0 Å². The first-order valence-corrected chi connectivity index (χ1v) is 5.55. The number of nitrogens with one attached hydrogen (secondary N) is 1. The highest BCUT2D eigenvalue weighted by atomic mass is 19.3. The predicted octanol–water partition coefficient (Wildman–Crippen LogP) is 1.02. The van der Waals surface area contributed by atoms with Crippen molar-refractivity contribution in [2.75, 3.05) is 26.2 Å². The zero-order valence-corrected chi connectivity index (χ0v) is 9.51. The van der Waals surface area contributed by atoms with E-state index >= 15 is 0 Å². The lowest BCUT2D eigenvalue weighted by Crippen LogP contribution is -2.49. The molecule has 1 fully saturated rings. The van der Waals surface area contributed by atoms with E-state index < -0.39 is 25.0 Å². The number of urea groups is 1. The van der Waals surface area contributed by atoms with Gasteiger partial charge in [0.05, 0.1) is 13.1 Å². The molecule has 0 aliphatic carbocycles. The molecular weight excluding hydrogens is 216 g/mol. The predicted molar refractivity (Wildman–Crippen MR) is 57.4 cm³/mol. The number of nitrogens with zero attached hydrogens (tertiary/aromatic N) is 1. The minimum Gasteiger partial charge on any atom is -0.332 e. The molecule has 3 N–H and O–H groups in total. The van der Waals surface area contributed by atoms with Crippen LogP contribution in [0.25, 0.3) is 0 Å². The van der Waals surface area contributed by atoms with Crippen molar-refractivity contribution in [2.45, 2.75) is 25.7 Å². The molecule has 0 bridgehead atoms. The number of carbonyl (C=O) groups excluding carboxylic acids is 1. The molecule has 1 heterocycles. The number of rotatable bonds is 3. The van der Waals surface area contributed by atoms with Gasteiger partial charge in [0.25, 0.3) is 5.92 Å². The molecule has 0 saturated carbocycles. The van der Waals surface area contributed by atoms with E-state index in [0.717, 1.165) is 12.8 Å². The first-order valence-electron chi connectivity index (χ1n) is 5.55. The van der Waals surface area contributed by atoms with Gasteiger partial charge in [0, 0.05) is 13.1 Å². The number of amides is 2. The third kappa shape index (κ3) is 3.92. The molecule has 0 unspecified atom stereocenters. The van der Waals surface area contributed by atoms with E-state index in [1.165, 1.54) is 0 Å². The van der Waals surface area contributed by atoms with E-state index in [4.69, 9.17) is 5.73 Å². The van der Waals surface area contributed by atoms with Crippen LogP contribution in [0.5, 0.6) is 0 Å². The summed E-state index contributed by atoms with van der Waals surface area (Å²) >= 11 is 0. The molecule has 1 saturated heterocycles. The van der Waals surface area contributed by atoms with Crippen molar-refractivity contribution < 1.29 is 13.6 Å². The summed E-state index contributed by atoms with van der Waals surface area (Å²) < 4.78 is 25.6. The van der Waals surface area contributed by atoms with Gasteiger partial charge in [0.15, 0.2) is 0 Å². The molecule has 4 nitrogen and oxygen atoms in total. The highest BCUT2D eigenvalue weighted by molar-refractivity contribution is 5.74. The molecule has 94 valence electrons. The fourth-order valence-corrected chi connectivity index (χ4v) is 1.60. The first kappa shape index (κ1) is 13.2. The van der Waals surface area contributed by atoms with Gasteiger partial charge < -0.3 is 16.0 Å². The van der Waals surface area contributed by atoms with Gasteiger partial charge in [0.2, 0.25) is 0 Å². The molecule has 6 heteroatoms. The van der Waals surface area contributed by atoms with Crippen molar-refractivity contribution in [3.05, 3.63) is 0 Å². The fourth-order valence-electron chi connectivity index (χ4n) is 1.60. The van der Waals surface area contributed by atoms with Crippen LogP contribution < -0.4 is 11.1 Å². The minimum atomic E-state index is -3.02. The van der Waals surface area contributed by atoms with Crippen LogP contribution in [-0.2, 0) is 0 Å². The topological polar surface area (TPSA) is 58.4 Å². The first-order chi connectivity index (χ1) is 7.44. The Morgan fingerprint density at radius 1 is 1.50 bits per heavy atom. The van der Waals surface area contributed by atoms with Gasteiger partial charge in [-0.1, -0.05) is 6.92 Å². The van der Waals surface area contributed by atoms with E-state index in [0.29, 0.717) is 19.0 Å². The molecule has 2 amide bonds. The highest BCUT2D eigenvalue weighted by Gasteiger charge is 2.28. The van der Waals surface area contributed by atoms with Gasteiger partial charge >= 0.3 is 6.03 Å². The second-order valence-corrected chi connectivity index (χ2v) is 4.39. The fraction of sp³-hybridized carbons (Fsp3) is 0.900. The summed E-state index contributed by atoms with van der Waals surface area (Å²) in [5.74, 6) is -2.41. The van der Waals surface area contributed by atoms with Crippen LogP contribution in [0.4, 0.5) is 13.6 Å². The molecule has 0 aromatic carbocycles. The third-order valence-electron chi connectivity index (χ3n) is 2.87. The molecule has 16 heavy (non-hydrogen) atoms.